The molecule has 0 aliphatic carbocycles. The number of carbonyl (C=O) groups excluding carboxylic acids is 1. The fourth-order valence-corrected chi connectivity index (χ4v) is 3.70. The second-order valence-corrected chi connectivity index (χ2v) is 6.59. The van der Waals surface area contributed by atoms with Gasteiger partial charge in [-0.3, -0.25) is 14.4 Å². The van der Waals surface area contributed by atoms with Crippen molar-refractivity contribution in [1.82, 2.24) is 14.7 Å². The van der Waals surface area contributed by atoms with Crippen LogP contribution in [-0.4, -0.2) is 39.7 Å². The Morgan fingerprint density at radius 1 is 1.52 bits per heavy atom. The summed E-state index contributed by atoms with van der Waals surface area (Å²) in [6.07, 6.45) is 7.12. The summed E-state index contributed by atoms with van der Waals surface area (Å²) in [5, 5.41) is 18.6. The van der Waals surface area contributed by atoms with Crippen LogP contribution < -0.4 is 5.32 Å². The number of amides is 1. The zero-order chi connectivity index (χ0) is 16.1. The Hall–Kier alpha value is -2.17. The zero-order valence-corrected chi connectivity index (χ0v) is 13.6. The molecule has 1 N–H and O–H groups in total. The minimum atomic E-state index is -0.0590. The maximum absolute atomic E-state index is 12.3. The lowest BCUT2D eigenvalue weighted by Crippen LogP contribution is -2.45. The van der Waals surface area contributed by atoms with E-state index in [1.54, 1.807) is 12.3 Å². The van der Waals surface area contributed by atoms with Gasteiger partial charge in [-0.05, 0) is 36.9 Å². The highest BCUT2D eigenvalue weighted by Crippen LogP contribution is 2.23. The third kappa shape index (κ3) is 3.97. The molecule has 120 valence electrons. The lowest BCUT2D eigenvalue weighted by molar-refractivity contribution is -0.118. The molecule has 1 amide bonds. The van der Waals surface area contributed by atoms with E-state index in [4.69, 9.17) is 5.26 Å². The highest BCUT2D eigenvalue weighted by Gasteiger charge is 2.25. The molecule has 0 radical (unpaired) electrons. The van der Waals surface area contributed by atoms with E-state index in [1.165, 1.54) is 17.8 Å². The predicted molar refractivity (Wildman–Crippen MR) is 89.1 cm³/mol. The van der Waals surface area contributed by atoms with E-state index in [1.807, 2.05) is 22.3 Å². The van der Waals surface area contributed by atoms with Gasteiger partial charge in [0, 0.05) is 18.4 Å². The molecule has 1 saturated heterocycles. The molecule has 2 aromatic rings. The largest absolute Gasteiger partial charge is 0.315 e. The number of anilines is 1. The van der Waals surface area contributed by atoms with E-state index < -0.39 is 0 Å². The summed E-state index contributed by atoms with van der Waals surface area (Å²) in [5.41, 5.74) is 0.523. The SMILES string of the molecule is N#Cc1ccsc1NC(=O)CN1CCCCC1Cn1cccn1. The fourth-order valence-electron chi connectivity index (χ4n) is 2.94. The number of aromatic nitrogens is 2. The minimum absolute atomic E-state index is 0.0590. The van der Waals surface area contributed by atoms with Crippen LogP contribution in [0.4, 0.5) is 5.00 Å². The first-order valence-corrected chi connectivity index (χ1v) is 8.63. The average molecular weight is 329 g/mol. The number of carbonyl (C=O) groups is 1. The Balaban J connectivity index is 1.60. The lowest BCUT2D eigenvalue weighted by Gasteiger charge is -2.35. The highest BCUT2D eigenvalue weighted by atomic mass is 32.1. The topological polar surface area (TPSA) is 74.0 Å². The number of rotatable bonds is 5. The van der Waals surface area contributed by atoms with Crippen LogP contribution >= 0.6 is 11.3 Å². The number of piperidine rings is 1. The van der Waals surface area contributed by atoms with Crippen molar-refractivity contribution in [3.05, 3.63) is 35.5 Å². The Morgan fingerprint density at radius 2 is 2.43 bits per heavy atom. The summed E-state index contributed by atoms with van der Waals surface area (Å²) in [7, 11) is 0. The zero-order valence-electron chi connectivity index (χ0n) is 12.8. The Bertz CT molecular complexity index is 688. The summed E-state index contributed by atoms with van der Waals surface area (Å²) in [4.78, 5) is 14.5. The van der Waals surface area contributed by atoms with Crippen LogP contribution in [0.1, 0.15) is 24.8 Å². The molecule has 1 aliphatic rings. The number of hydrogen-bond acceptors (Lipinski definition) is 5. The van der Waals surface area contributed by atoms with Gasteiger partial charge in [-0.2, -0.15) is 10.4 Å². The van der Waals surface area contributed by atoms with E-state index in [0.29, 0.717) is 23.2 Å². The van der Waals surface area contributed by atoms with Crippen molar-refractivity contribution < 1.29 is 4.79 Å². The van der Waals surface area contributed by atoms with Crippen molar-refractivity contribution in [2.75, 3.05) is 18.4 Å². The Labute approximate surface area is 139 Å². The van der Waals surface area contributed by atoms with Gasteiger partial charge in [-0.15, -0.1) is 11.3 Å². The summed E-state index contributed by atoms with van der Waals surface area (Å²) < 4.78 is 1.92. The molecular weight excluding hydrogens is 310 g/mol. The van der Waals surface area contributed by atoms with Gasteiger partial charge in [0.1, 0.15) is 11.1 Å². The molecule has 2 aromatic heterocycles. The van der Waals surface area contributed by atoms with E-state index in [9.17, 15) is 4.79 Å². The maximum atomic E-state index is 12.3. The van der Waals surface area contributed by atoms with Crippen LogP contribution in [0.25, 0.3) is 0 Å². The van der Waals surface area contributed by atoms with Crippen LogP contribution in [0.15, 0.2) is 29.9 Å². The molecule has 1 aliphatic heterocycles. The minimum Gasteiger partial charge on any atom is -0.315 e. The second kappa shape index (κ2) is 7.40. The maximum Gasteiger partial charge on any atom is 0.239 e. The number of nitrogens with one attached hydrogen (secondary N) is 1. The highest BCUT2D eigenvalue weighted by molar-refractivity contribution is 7.14. The fraction of sp³-hybridized carbons (Fsp3) is 0.438. The van der Waals surface area contributed by atoms with Crippen molar-refractivity contribution in [3.63, 3.8) is 0 Å². The molecule has 6 nitrogen and oxygen atoms in total. The summed E-state index contributed by atoms with van der Waals surface area (Å²) in [5.74, 6) is -0.0590. The first-order chi connectivity index (χ1) is 11.3. The smallest absolute Gasteiger partial charge is 0.239 e. The molecule has 23 heavy (non-hydrogen) atoms. The van der Waals surface area contributed by atoms with Crippen LogP contribution in [0.5, 0.6) is 0 Å². The number of nitrogens with zero attached hydrogens (tertiary/aromatic N) is 4. The van der Waals surface area contributed by atoms with Crippen molar-refractivity contribution >= 4 is 22.2 Å². The van der Waals surface area contributed by atoms with Gasteiger partial charge in [0.05, 0.1) is 18.7 Å². The van der Waals surface area contributed by atoms with Gasteiger partial charge in [-0.1, -0.05) is 6.42 Å². The second-order valence-electron chi connectivity index (χ2n) is 5.67. The van der Waals surface area contributed by atoms with Gasteiger partial charge in [0.25, 0.3) is 0 Å². The van der Waals surface area contributed by atoms with Crippen LogP contribution in [0.3, 0.4) is 0 Å². The van der Waals surface area contributed by atoms with Gasteiger partial charge in [0.2, 0.25) is 5.91 Å². The average Bonchev–Trinajstić information content (AvgIpc) is 3.20. The van der Waals surface area contributed by atoms with E-state index in [2.05, 4.69) is 21.4 Å². The molecular formula is C16H19N5OS. The van der Waals surface area contributed by atoms with E-state index in [0.717, 1.165) is 25.9 Å². The number of likely N-dealkylation sites (tertiary alicyclic amines) is 1. The molecule has 0 saturated carbocycles. The quantitative estimate of drug-likeness (QED) is 0.913. The van der Waals surface area contributed by atoms with Crippen molar-refractivity contribution in [2.45, 2.75) is 31.8 Å². The molecule has 0 aromatic carbocycles. The molecule has 7 heteroatoms. The normalized spacial score (nSPS) is 18.5. The Morgan fingerprint density at radius 3 is 3.22 bits per heavy atom. The van der Waals surface area contributed by atoms with Crippen LogP contribution in [-0.2, 0) is 11.3 Å². The van der Waals surface area contributed by atoms with E-state index in [-0.39, 0.29) is 5.91 Å². The monoisotopic (exact) mass is 329 g/mol. The van der Waals surface area contributed by atoms with E-state index >= 15 is 0 Å². The number of thiophene rings is 1. The molecule has 0 spiro atoms. The van der Waals surface area contributed by atoms with Crippen LogP contribution in [0.2, 0.25) is 0 Å². The van der Waals surface area contributed by atoms with Gasteiger partial charge >= 0.3 is 0 Å². The number of hydrogen-bond donors (Lipinski definition) is 1. The summed E-state index contributed by atoms with van der Waals surface area (Å²) in [6, 6.07) is 6.06. The summed E-state index contributed by atoms with van der Waals surface area (Å²) >= 11 is 1.38. The standard InChI is InChI=1S/C16H19N5OS/c17-10-13-5-9-23-16(13)19-15(22)12-20-7-2-1-4-14(20)11-21-8-3-6-18-21/h3,5-6,8-9,14H,1-2,4,7,11-12H2,(H,19,22). The molecule has 0 bridgehead atoms. The van der Waals surface area contributed by atoms with Crippen LogP contribution in [0, 0.1) is 11.3 Å². The lowest BCUT2D eigenvalue weighted by atomic mass is 10.0. The van der Waals surface area contributed by atoms with Crippen molar-refractivity contribution in [1.29, 1.82) is 5.26 Å². The van der Waals surface area contributed by atoms with Gasteiger partial charge in [0.15, 0.2) is 0 Å². The third-order valence-corrected chi connectivity index (χ3v) is 4.92. The molecule has 1 fully saturated rings. The first-order valence-electron chi connectivity index (χ1n) is 7.75. The molecule has 3 rings (SSSR count). The molecule has 1 unspecified atom stereocenters. The molecule has 3 heterocycles. The van der Waals surface area contributed by atoms with Gasteiger partial charge in [-0.25, -0.2) is 0 Å². The summed E-state index contributed by atoms with van der Waals surface area (Å²) in [6.45, 7) is 2.09. The predicted octanol–water partition coefficient (Wildman–Crippen LogP) is 2.31. The first kappa shape index (κ1) is 15.7. The molecule has 1 atom stereocenters. The number of nitriles is 1. The third-order valence-electron chi connectivity index (χ3n) is 4.09. The van der Waals surface area contributed by atoms with Crippen molar-refractivity contribution in [3.8, 4) is 6.07 Å². The Kier molecular flexibility index (Phi) is 5.05. The van der Waals surface area contributed by atoms with Crippen molar-refractivity contribution in [2.24, 2.45) is 0 Å². The van der Waals surface area contributed by atoms with Gasteiger partial charge < -0.3 is 5.32 Å².